The molecule has 2 N–H and O–H groups in total. The van der Waals surface area contributed by atoms with E-state index < -0.39 is 0 Å². The van der Waals surface area contributed by atoms with Crippen LogP contribution in [0.4, 0.5) is 0 Å². The first kappa shape index (κ1) is 19.4. The highest BCUT2D eigenvalue weighted by Crippen LogP contribution is 2.35. The van der Waals surface area contributed by atoms with Crippen LogP contribution >= 0.6 is 0 Å². The molecule has 2 aromatic carbocycles. The van der Waals surface area contributed by atoms with Crippen LogP contribution in [0.2, 0.25) is 0 Å². The van der Waals surface area contributed by atoms with Gasteiger partial charge < -0.3 is 29.5 Å². The predicted molar refractivity (Wildman–Crippen MR) is 110 cm³/mol. The highest BCUT2D eigenvalue weighted by Gasteiger charge is 2.13. The van der Waals surface area contributed by atoms with Crippen molar-refractivity contribution in [2.24, 2.45) is 10.9 Å². The zero-order valence-electron chi connectivity index (χ0n) is 16.2. The van der Waals surface area contributed by atoms with Gasteiger partial charge in [-0.1, -0.05) is 23.4 Å². The molecule has 0 atom stereocenters. The third kappa shape index (κ3) is 4.91. The molecule has 154 valence electrons. The van der Waals surface area contributed by atoms with Crippen LogP contribution in [0.15, 0.2) is 72.0 Å². The monoisotopic (exact) mass is 407 g/mol. The Kier molecular flexibility index (Phi) is 6.14. The molecule has 3 aromatic rings. The largest absolute Gasteiger partial charge is 0.493 e. The fourth-order valence-corrected chi connectivity index (χ4v) is 2.71. The van der Waals surface area contributed by atoms with Crippen LogP contribution in [0.3, 0.4) is 0 Å². The lowest BCUT2D eigenvalue weighted by atomic mass is 10.2. The molecule has 0 fully saturated rings. The van der Waals surface area contributed by atoms with E-state index in [0.717, 1.165) is 5.75 Å². The summed E-state index contributed by atoms with van der Waals surface area (Å²) in [5, 5.41) is 3.97. The first-order valence-electron chi connectivity index (χ1n) is 9.46. The minimum absolute atomic E-state index is 0.186. The van der Waals surface area contributed by atoms with Crippen molar-refractivity contribution in [3.8, 4) is 28.9 Å². The molecule has 2 heterocycles. The number of hydrogen-bond acceptors (Lipinski definition) is 7. The molecule has 0 unspecified atom stereocenters. The molecule has 0 amide bonds. The Morgan fingerprint density at radius 2 is 1.83 bits per heavy atom. The van der Waals surface area contributed by atoms with E-state index in [1.54, 1.807) is 24.4 Å². The number of oxime groups is 1. The summed E-state index contributed by atoms with van der Waals surface area (Å²) in [6.45, 7) is 1.05. The molecule has 1 aliphatic rings. The van der Waals surface area contributed by atoms with Gasteiger partial charge in [-0.15, -0.1) is 0 Å². The van der Waals surface area contributed by atoms with Crippen molar-refractivity contribution in [3.63, 3.8) is 0 Å². The van der Waals surface area contributed by atoms with E-state index in [2.05, 4.69) is 10.1 Å². The average molecular weight is 407 g/mol. The summed E-state index contributed by atoms with van der Waals surface area (Å²) >= 11 is 0. The minimum atomic E-state index is 0.186. The highest BCUT2D eigenvalue weighted by molar-refractivity contribution is 5.99. The number of rotatable bonds is 9. The van der Waals surface area contributed by atoms with Crippen molar-refractivity contribution >= 4 is 5.84 Å². The van der Waals surface area contributed by atoms with Crippen molar-refractivity contribution in [3.05, 3.63) is 72.4 Å². The standard InChI is InChI=1S/C22H21N3O5/c23-21(18-8-4-11-24-22(18)30-16-6-2-1-3-7-16)25-29-13-5-12-26-17-9-10-19-20(14-17)28-15-27-19/h1-4,6-11,14H,5,12-13,15H2,(H2,23,25). The Labute approximate surface area is 173 Å². The van der Waals surface area contributed by atoms with E-state index >= 15 is 0 Å². The van der Waals surface area contributed by atoms with Crippen molar-refractivity contribution in [1.82, 2.24) is 4.98 Å². The van der Waals surface area contributed by atoms with Crippen LogP contribution in [-0.4, -0.2) is 30.8 Å². The molecule has 0 saturated heterocycles. The first-order valence-corrected chi connectivity index (χ1v) is 9.46. The molecule has 0 aliphatic carbocycles. The SMILES string of the molecule is N/C(=N/OCCCOc1ccc2c(c1)OCO2)c1cccnc1Oc1ccccc1. The number of nitrogens with two attached hydrogens (primary N) is 1. The summed E-state index contributed by atoms with van der Waals surface area (Å²) in [5.41, 5.74) is 6.61. The molecule has 1 aliphatic heterocycles. The lowest BCUT2D eigenvalue weighted by Gasteiger charge is -2.09. The van der Waals surface area contributed by atoms with Crippen LogP contribution in [0.25, 0.3) is 0 Å². The summed E-state index contributed by atoms with van der Waals surface area (Å²) in [6, 6.07) is 18.3. The van der Waals surface area contributed by atoms with Gasteiger partial charge in [0.1, 0.15) is 18.1 Å². The second kappa shape index (κ2) is 9.51. The number of hydrogen-bond donors (Lipinski definition) is 1. The number of amidine groups is 1. The second-order valence-electron chi connectivity index (χ2n) is 6.30. The maximum Gasteiger partial charge on any atom is 0.231 e. The van der Waals surface area contributed by atoms with E-state index in [-0.39, 0.29) is 12.6 Å². The maximum absolute atomic E-state index is 6.06. The number of fused-ring (bicyclic) bond motifs is 1. The highest BCUT2D eigenvalue weighted by atomic mass is 16.7. The number of para-hydroxylation sites is 1. The maximum atomic E-state index is 6.06. The molecule has 1 aromatic heterocycles. The van der Waals surface area contributed by atoms with Gasteiger partial charge in [0.25, 0.3) is 0 Å². The lowest BCUT2D eigenvalue weighted by Crippen LogP contribution is -2.16. The van der Waals surface area contributed by atoms with Crippen LogP contribution in [0, 0.1) is 0 Å². The normalized spacial score (nSPS) is 12.5. The Bertz CT molecular complexity index is 1010. The number of aromatic nitrogens is 1. The quantitative estimate of drug-likeness (QED) is 0.250. The Balaban J connectivity index is 1.25. The molecular formula is C22H21N3O5. The van der Waals surface area contributed by atoms with E-state index in [9.17, 15) is 0 Å². The van der Waals surface area contributed by atoms with Gasteiger partial charge in [0.15, 0.2) is 17.3 Å². The predicted octanol–water partition coefficient (Wildman–Crippen LogP) is 3.71. The number of nitrogens with zero attached hydrogens (tertiary/aromatic N) is 2. The van der Waals surface area contributed by atoms with Gasteiger partial charge >= 0.3 is 0 Å². The fraction of sp³-hybridized carbons (Fsp3) is 0.182. The number of pyridine rings is 1. The van der Waals surface area contributed by atoms with E-state index in [1.165, 1.54) is 0 Å². The summed E-state index contributed by atoms with van der Waals surface area (Å²) < 4.78 is 22.1. The van der Waals surface area contributed by atoms with Gasteiger partial charge in [-0.25, -0.2) is 4.98 Å². The molecule has 0 spiro atoms. The Morgan fingerprint density at radius 1 is 0.967 bits per heavy atom. The van der Waals surface area contributed by atoms with E-state index in [0.29, 0.717) is 48.3 Å². The second-order valence-corrected chi connectivity index (χ2v) is 6.30. The van der Waals surface area contributed by atoms with Crippen LogP contribution < -0.4 is 24.7 Å². The third-order valence-electron chi connectivity index (χ3n) is 4.16. The minimum Gasteiger partial charge on any atom is -0.493 e. The Morgan fingerprint density at radius 3 is 2.73 bits per heavy atom. The lowest BCUT2D eigenvalue weighted by molar-refractivity contribution is 0.127. The molecule has 8 nitrogen and oxygen atoms in total. The summed E-state index contributed by atoms with van der Waals surface area (Å²) in [5.74, 6) is 3.32. The van der Waals surface area contributed by atoms with Gasteiger partial charge in [-0.05, 0) is 36.4 Å². The number of ether oxygens (including phenoxy) is 4. The average Bonchev–Trinajstić information content (AvgIpc) is 3.25. The Hall–Kier alpha value is -3.94. The van der Waals surface area contributed by atoms with Crippen molar-refractivity contribution in [2.45, 2.75) is 6.42 Å². The van der Waals surface area contributed by atoms with Crippen LogP contribution in [0.1, 0.15) is 12.0 Å². The summed E-state index contributed by atoms with van der Waals surface area (Å²) in [6.07, 6.45) is 2.26. The van der Waals surface area contributed by atoms with Gasteiger partial charge in [-0.2, -0.15) is 0 Å². The third-order valence-corrected chi connectivity index (χ3v) is 4.16. The van der Waals surface area contributed by atoms with Gasteiger partial charge in [0.2, 0.25) is 12.7 Å². The molecular weight excluding hydrogens is 386 g/mol. The van der Waals surface area contributed by atoms with Gasteiger partial charge in [0, 0.05) is 18.7 Å². The number of benzene rings is 2. The molecule has 0 saturated carbocycles. The van der Waals surface area contributed by atoms with Gasteiger partial charge in [-0.3, -0.25) is 0 Å². The van der Waals surface area contributed by atoms with E-state index in [4.69, 9.17) is 29.5 Å². The molecule has 8 heteroatoms. The van der Waals surface area contributed by atoms with Crippen molar-refractivity contribution < 1.29 is 23.8 Å². The zero-order valence-corrected chi connectivity index (χ0v) is 16.2. The summed E-state index contributed by atoms with van der Waals surface area (Å²) in [7, 11) is 0. The smallest absolute Gasteiger partial charge is 0.231 e. The van der Waals surface area contributed by atoms with Crippen LogP contribution in [0.5, 0.6) is 28.9 Å². The molecule has 4 rings (SSSR count). The topological polar surface area (TPSA) is 97.4 Å². The summed E-state index contributed by atoms with van der Waals surface area (Å²) in [4.78, 5) is 9.56. The van der Waals surface area contributed by atoms with Crippen molar-refractivity contribution in [2.75, 3.05) is 20.0 Å². The molecule has 0 bridgehead atoms. The molecule has 30 heavy (non-hydrogen) atoms. The van der Waals surface area contributed by atoms with E-state index in [1.807, 2.05) is 42.5 Å². The fourth-order valence-electron chi connectivity index (χ4n) is 2.71. The first-order chi connectivity index (χ1) is 14.8. The zero-order chi connectivity index (χ0) is 20.6. The van der Waals surface area contributed by atoms with Crippen LogP contribution in [-0.2, 0) is 4.84 Å². The molecule has 0 radical (unpaired) electrons. The van der Waals surface area contributed by atoms with Gasteiger partial charge in [0.05, 0.1) is 12.2 Å². The van der Waals surface area contributed by atoms with Crippen molar-refractivity contribution in [1.29, 1.82) is 0 Å².